The Labute approximate surface area is 116 Å². The molecule has 1 aromatic rings. The smallest absolute Gasteiger partial charge is 0.325 e. The van der Waals surface area contributed by atoms with Crippen molar-refractivity contribution in [3.63, 3.8) is 0 Å². The van der Waals surface area contributed by atoms with Crippen LogP contribution in [0.1, 0.15) is 30.6 Å². The zero-order valence-electron chi connectivity index (χ0n) is 10.8. The SMILES string of the molecule is CCCOc1ccc(Cl)cc1C(=O)NC(C)C(=O)O. The molecule has 1 unspecified atom stereocenters. The number of hydrogen-bond donors (Lipinski definition) is 2. The molecular formula is C13H16ClNO4. The van der Waals surface area contributed by atoms with Crippen LogP contribution in [0.25, 0.3) is 0 Å². The summed E-state index contributed by atoms with van der Waals surface area (Å²) >= 11 is 5.84. The number of carbonyl (C=O) groups is 2. The summed E-state index contributed by atoms with van der Waals surface area (Å²) in [7, 11) is 0. The molecule has 1 amide bonds. The van der Waals surface area contributed by atoms with E-state index < -0.39 is 17.9 Å². The molecule has 0 heterocycles. The van der Waals surface area contributed by atoms with Gasteiger partial charge in [-0.15, -0.1) is 0 Å². The van der Waals surface area contributed by atoms with Crippen LogP contribution in [0.3, 0.4) is 0 Å². The molecule has 0 aliphatic carbocycles. The van der Waals surface area contributed by atoms with Crippen molar-refractivity contribution >= 4 is 23.5 Å². The largest absolute Gasteiger partial charge is 0.493 e. The van der Waals surface area contributed by atoms with Crippen LogP contribution in [0, 0.1) is 0 Å². The van der Waals surface area contributed by atoms with Crippen LogP contribution >= 0.6 is 11.6 Å². The van der Waals surface area contributed by atoms with E-state index in [1.54, 1.807) is 12.1 Å². The Hall–Kier alpha value is -1.75. The van der Waals surface area contributed by atoms with E-state index in [4.69, 9.17) is 21.4 Å². The lowest BCUT2D eigenvalue weighted by Gasteiger charge is -2.13. The molecule has 0 aliphatic heterocycles. The molecular weight excluding hydrogens is 270 g/mol. The summed E-state index contributed by atoms with van der Waals surface area (Å²) < 4.78 is 5.44. The maximum absolute atomic E-state index is 12.0. The third kappa shape index (κ3) is 4.44. The summed E-state index contributed by atoms with van der Waals surface area (Å²) in [4.78, 5) is 22.7. The van der Waals surface area contributed by atoms with Gasteiger partial charge in [-0.2, -0.15) is 0 Å². The van der Waals surface area contributed by atoms with Crippen molar-refractivity contribution in [1.82, 2.24) is 5.32 Å². The third-order valence-electron chi connectivity index (χ3n) is 2.37. The van der Waals surface area contributed by atoms with Crippen LogP contribution in [-0.4, -0.2) is 29.6 Å². The van der Waals surface area contributed by atoms with Crippen LogP contribution in [-0.2, 0) is 4.79 Å². The molecule has 5 nitrogen and oxygen atoms in total. The zero-order chi connectivity index (χ0) is 14.4. The fraction of sp³-hybridized carbons (Fsp3) is 0.385. The molecule has 0 saturated heterocycles. The number of carboxylic acids is 1. The van der Waals surface area contributed by atoms with E-state index in [0.717, 1.165) is 6.42 Å². The van der Waals surface area contributed by atoms with E-state index in [2.05, 4.69) is 5.32 Å². The first-order valence-corrected chi connectivity index (χ1v) is 6.29. The Bertz CT molecular complexity index is 476. The van der Waals surface area contributed by atoms with Gasteiger partial charge >= 0.3 is 5.97 Å². The summed E-state index contributed by atoms with van der Waals surface area (Å²) in [5, 5.41) is 11.5. The summed E-state index contributed by atoms with van der Waals surface area (Å²) in [6.07, 6.45) is 0.801. The monoisotopic (exact) mass is 285 g/mol. The first-order valence-electron chi connectivity index (χ1n) is 5.91. The number of rotatable bonds is 6. The number of ether oxygens (including phenoxy) is 1. The molecule has 0 aliphatic rings. The molecule has 0 spiro atoms. The van der Waals surface area contributed by atoms with Gasteiger partial charge in [0.05, 0.1) is 12.2 Å². The molecule has 0 fully saturated rings. The highest BCUT2D eigenvalue weighted by molar-refractivity contribution is 6.31. The second kappa shape index (κ2) is 6.99. The van der Waals surface area contributed by atoms with Crippen molar-refractivity contribution < 1.29 is 19.4 Å². The molecule has 1 aromatic carbocycles. The quantitative estimate of drug-likeness (QED) is 0.841. The number of benzene rings is 1. The highest BCUT2D eigenvalue weighted by atomic mass is 35.5. The predicted octanol–water partition coefficient (Wildman–Crippen LogP) is 2.33. The predicted molar refractivity (Wildman–Crippen MR) is 71.8 cm³/mol. The van der Waals surface area contributed by atoms with Crippen LogP contribution in [0.4, 0.5) is 0 Å². The highest BCUT2D eigenvalue weighted by Gasteiger charge is 2.18. The lowest BCUT2D eigenvalue weighted by Crippen LogP contribution is -2.38. The number of carboxylic acid groups (broad SMARTS) is 1. The Morgan fingerprint density at radius 2 is 2.16 bits per heavy atom. The Kier molecular flexibility index (Phi) is 5.63. The Balaban J connectivity index is 2.93. The van der Waals surface area contributed by atoms with Gasteiger partial charge in [0.25, 0.3) is 5.91 Å². The second-order valence-corrected chi connectivity index (χ2v) is 4.46. The van der Waals surface area contributed by atoms with Gasteiger partial charge in [-0.05, 0) is 31.5 Å². The number of amides is 1. The van der Waals surface area contributed by atoms with Gasteiger partial charge in [0.1, 0.15) is 11.8 Å². The molecule has 19 heavy (non-hydrogen) atoms. The molecule has 1 atom stereocenters. The van der Waals surface area contributed by atoms with Gasteiger partial charge in [-0.3, -0.25) is 9.59 Å². The van der Waals surface area contributed by atoms with Crippen LogP contribution in [0.2, 0.25) is 5.02 Å². The first kappa shape index (κ1) is 15.3. The van der Waals surface area contributed by atoms with Crippen molar-refractivity contribution in [2.45, 2.75) is 26.3 Å². The Morgan fingerprint density at radius 3 is 2.74 bits per heavy atom. The fourth-order valence-electron chi connectivity index (χ4n) is 1.35. The van der Waals surface area contributed by atoms with Crippen LogP contribution < -0.4 is 10.1 Å². The van der Waals surface area contributed by atoms with Crippen LogP contribution in [0.15, 0.2) is 18.2 Å². The normalized spacial score (nSPS) is 11.7. The van der Waals surface area contributed by atoms with E-state index >= 15 is 0 Å². The minimum absolute atomic E-state index is 0.231. The molecule has 2 N–H and O–H groups in total. The zero-order valence-corrected chi connectivity index (χ0v) is 11.5. The van der Waals surface area contributed by atoms with Crippen molar-refractivity contribution in [2.24, 2.45) is 0 Å². The Morgan fingerprint density at radius 1 is 1.47 bits per heavy atom. The minimum Gasteiger partial charge on any atom is -0.493 e. The van der Waals surface area contributed by atoms with Crippen molar-refractivity contribution in [3.8, 4) is 5.75 Å². The summed E-state index contributed by atoms with van der Waals surface area (Å²) in [5.41, 5.74) is 0.231. The molecule has 6 heteroatoms. The molecule has 1 rings (SSSR count). The summed E-state index contributed by atoms with van der Waals surface area (Å²) in [6.45, 7) is 3.80. The topological polar surface area (TPSA) is 75.6 Å². The summed E-state index contributed by atoms with van der Waals surface area (Å²) in [6, 6.07) is 3.68. The van der Waals surface area contributed by atoms with E-state index in [1.807, 2.05) is 6.92 Å². The fourth-order valence-corrected chi connectivity index (χ4v) is 1.53. The average Bonchev–Trinajstić information content (AvgIpc) is 2.36. The average molecular weight is 286 g/mol. The van der Waals surface area contributed by atoms with Crippen molar-refractivity contribution in [1.29, 1.82) is 0 Å². The number of carbonyl (C=O) groups excluding carboxylic acids is 1. The number of hydrogen-bond acceptors (Lipinski definition) is 3. The van der Waals surface area contributed by atoms with Crippen LogP contribution in [0.5, 0.6) is 5.75 Å². The van der Waals surface area contributed by atoms with E-state index in [0.29, 0.717) is 17.4 Å². The first-order chi connectivity index (χ1) is 8.95. The maximum atomic E-state index is 12.0. The molecule has 0 bridgehead atoms. The maximum Gasteiger partial charge on any atom is 0.325 e. The molecule has 0 saturated carbocycles. The van der Waals surface area contributed by atoms with Crippen molar-refractivity contribution in [3.05, 3.63) is 28.8 Å². The van der Waals surface area contributed by atoms with E-state index in [9.17, 15) is 9.59 Å². The second-order valence-electron chi connectivity index (χ2n) is 4.02. The standard InChI is InChI=1S/C13H16ClNO4/c1-3-6-19-11-5-4-9(14)7-10(11)12(16)15-8(2)13(17)18/h4-5,7-8H,3,6H2,1-2H3,(H,15,16)(H,17,18). The van der Waals surface area contributed by atoms with E-state index in [1.165, 1.54) is 13.0 Å². The van der Waals surface area contributed by atoms with Crippen molar-refractivity contribution in [2.75, 3.05) is 6.61 Å². The van der Waals surface area contributed by atoms with Gasteiger partial charge in [-0.1, -0.05) is 18.5 Å². The molecule has 0 aromatic heterocycles. The third-order valence-corrected chi connectivity index (χ3v) is 2.60. The van der Waals surface area contributed by atoms with Gasteiger partial charge in [0, 0.05) is 5.02 Å². The van der Waals surface area contributed by atoms with Gasteiger partial charge in [0.2, 0.25) is 0 Å². The number of halogens is 1. The van der Waals surface area contributed by atoms with Gasteiger partial charge in [-0.25, -0.2) is 0 Å². The molecule has 0 radical (unpaired) electrons. The van der Waals surface area contributed by atoms with Gasteiger partial charge < -0.3 is 15.2 Å². The lowest BCUT2D eigenvalue weighted by molar-refractivity contribution is -0.138. The molecule has 104 valence electrons. The number of nitrogens with one attached hydrogen (secondary N) is 1. The summed E-state index contributed by atoms with van der Waals surface area (Å²) in [5.74, 6) is -1.24. The highest BCUT2D eigenvalue weighted by Crippen LogP contribution is 2.23. The number of aliphatic carboxylic acids is 1. The minimum atomic E-state index is -1.11. The van der Waals surface area contributed by atoms with Gasteiger partial charge in [0.15, 0.2) is 0 Å². The van der Waals surface area contributed by atoms with E-state index in [-0.39, 0.29) is 5.56 Å². The lowest BCUT2D eigenvalue weighted by atomic mass is 10.1.